The zero-order valence-corrected chi connectivity index (χ0v) is 21.2. The second-order valence-electron chi connectivity index (χ2n) is 6.13. The lowest BCUT2D eigenvalue weighted by molar-refractivity contribution is 0.311. The normalized spacial score (nSPS) is 10.6. The molecule has 0 aliphatic rings. The maximum atomic E-state index is 5.65. The Balaban J connectivity index is 0.00000480. The highest BCUT2D eigenvalue weighted by Crippen LogP contribution is 2.34. The van der Waals surface area contributed by atoms with Gasteiger partial charge < -0.3 is 34.3 Å². The molecule has 172 valence electrons. The van der Waals surface area contributed by atoms with Crippen molar-refractivity contribution >= 4 is 35.6 Å². The highest BCUT2D eigenvalue weighted by molar-refractivity contribution is 14.0. The minimum Gasteiger partial charge on any atom is -0.496 e. The van der Waals surface area contributed by atoms with Gasteiger partial charge in [0.15, 0.2) is 17.5 Å². The third-order valence-electron chi connectivity index (χ3n) is 4.28. The molecule has 8 nitrogen and oxygen atoms in total. The Morgan fingerprint density at radius 2 is 1.48 bits per heavy atom. The van der Waals surface area contributed by atoms with Gasteiger partial charge in [0.25, 0.3) is 0 Å². The lowest BCUT2D eigenvalue weighted by Gasteiger charge is -2.16. The summed E-state index contributed by atoms with van der Waals surface area (Å²) in [5.74, 6) is 3.91. The first kappa shape index (κ1) is 26.5. The maximum absolute atomic E-state index is 5.65. The SMILES string of the molecule is CCNC(=NCc1c(OC)cc(OC)cc1OC)Nc1ccc(OC)c(OCC)c1.I. The van der Waals surface area contributed by atoms with Gasteiger partial charge in [0.1, 0.15) is 17.2 Å². The molecule has 0 radical (unpaired) electrons. The van der Waals surface area contributed by atoms with E-state index in [1.54, 1.807) is 28.4 Å². The van der Waals surface area contributed by atoms with E-state index in [1.807, 2.05) is 44.2 Å². The molecule has 0 spiro atoms. The molecule has 0 amide bonds. The van der Waals surface area contributed by atoms with Crippen LogP contribution in [0.15, 0.2) is 35.3 Å². The van der Waals surface area contributed by atoms with E-state index in [0.29, 0.717) is 54.4 Å². The van der Waals surface area contributed by atoms with Crippen LogP contribution in [-0.2, 0) is 6.54 Å². The first-order valence-corrected chi connectivity index (χ1v) is 9.75. The Morgan fingerprint density at radius 1 is 0.839 bits per heavy atom. The topological polar surface area (TPSA) is 82.6 Å². The summed E-state index contributed by atoms with van der Waals surface area (Å²) >= 11 is 0. The minimum atomic E-state index is 0. The van der Waals surface area contributed by atoms with Crippen molar-refractivity contribution in [3.05, 3.63) is 35.9 Å². The molecule has 0 fully saturated rings. The molecule has 0 atom stereocenters. The van der Waals surface area contributed by atoms with Gasteiger partial charge in [0.05, 0.1) is 47.2 Å². The zero-order chi connectivity index (χ0) is 21.9. The van der Waals surface area contributed by atoms with Crippen molar-refractivity contribution in [2.45, 2.75) is 20.4 Å². The van der Waals surface area contributed by atoms with Crippen LogP contribution in [0.1, 0.15) is 19.4 Å². The number of anilines is 1. The van der Waals surface area contributed by atoms with Gasteiger partial charge in [-0.05, 0) is 26.0 Å². The fraction of sp³-hybridized carbons (Fsp3) is 0.409. The summed E-state index contributed by atoms with van der Waals surface area (Å²) in [7, 11) is 6.44. The van der Waals surface area contributed by atoms with Crippen LogP contribution >= 0.6 is 24.0 Å². The summed E-state index contributed by atoms with van der Waals surface area (Å²) in [5, 5.41) is 6.53. The Morgan fingerprint density at radius 3 is 2.00 bits per heavy atom. The number of guanidine groups is 1. The highest BCUT2D eigenvalue weighted by atomic mass is 127. The Hall–Kier alpha value is -2.56. The Bertz CT molecular complexity index is 836. The first-order valence-electron chi connectivity index (χ1n) is 9.75. The second-order valence-corrected chi connectivity index (χ2v) is 6.13. The summed E-state index contributed by atoms with van der Waals surface area (Å²) in [4.78, 5) is 4.69. The monoisotopic (exact) mass is 545 g/mol. The van der Waals surface area contributed by atoms with E-state index < -0.39 is 0 Å². The number of halogens is 1. The van der Waals surface area contributed by atoms with Gasteiger partial charge in [-0.3, -0.25) is 0 Å². The number of methoxy groups -OCH3 is 4. The van der Waals surface area contributed by atoms with E-state index in [1.165, 1.54) is 0 Å². The van der Waals surface area contributed by atoms with Crippen LogP contribution in [0.25, 0.3) is 0 Å². The predicted octanol–water partition coefficient (Wildman–Crippen LogP) is 4.32. The summed E-state index contributed by atoms with van der Waals surface area (Å²) in [6, 6.07) is 9.26. The van der Waals surface area contributed by atoms with Crippen molar-refractivity contribution in [2.75, 3.05) is 46.9 Å². The molecule has 0 unspecified atom stereocenters. The summed E-state index contributed by atoms with van der Waals surface area (Å²) in [5.41, 5.74) is 1.65. The molecule has 0 aliphatic carbocycles. The molecule has 2 aromatic carbocycles. The highest BCUT2D eigenvalue weighted by Gasteiger charge is 2.14. The molecule has 2 N–H and O–H groups in total. The maximum Gasteiger partial charge on any atom is 0.196 e. The summed E-state index contributed by atoms with van der Waals surface area (Å²) in [6.07, 6.45) is 0. The van der Waals surface area contributed by atoms with Crippen molar-refractivity contribution < 1.29 is 23.7 Å². The van der Waals surface area contributed by atoms with Crippen molar-refractivity contribution in [1.82, 2.24) is 5.32 Å². The van der Waals surface area contributed by atoms with E-state index in [-0.39, 0.29) is 24.0 Å². The fourth-order valence-electron chi connectivity index (χ4n) is 2.86. The third-order valence-corrected chi connectivity index (χ3v) is 4.28. The number of ether oxygens (including phenoxy) is 5. The molecule has 31 heavy (non-hydrogen) atoms. The van der Waals surface area contributed by atoms with Gasteiger partial charge in [0, 0.05) is 30.4 Å². The average molecular weight is 545 g/mol. The molecule has 9 heteroatoms. The van der Waals surface area contributed by atoms with Crippen molar-refractivity contribution in [3.8, 4) is 28.7 Å². The van der Waals surface area contributed by atoms with Crippen LogP contribution < -0.4 is 34.3 Å². The smallest absolute Gasteiger partial charge is 0.196 e. The van der Waals surface area contributed by atoms with Crippen LogP contribution in [0.4, 0.5) is 5.69 Å². The number of nitrogens with zero attached hydrogens (tertiary/aromatic N) is 1. The summed E-state index contributed by atoms with van der Waals surface area (Å²) < 4.78 is 27.3. The standard InChI is InChI=1S/C22H31N3O5.HI/c1-7-23-22(25-15-9-10-18(27-4)21(11-15)30-8-2)24-14-17-19(28-5)12-16(26-3)13-20(17)29-6;/h9-13H,7-8,14H2,1-6H3,(H2,23,24,25);1H. The minimum absolute atomic E-state index is 0. The molecular formula is C22H32IN3O5. The largest absolute Gasteiger partial charge is 0.496 e. The number of hydrogen-bond donors (Lipinski definition) is 2. The lowest BCUT2D eigenvalue weighted by Crippen LogP contribution is -2.30. The molecule has 0 aliphatic heterocycles. The molecule has 0 saturated carbocycles. The quantitative estimate of drug-likeness (QED) is 0.262. The first-order chi connectivity index (χ1) is 14.6. The van der Waals surface area contributed by atoms with Gasteiger partial charge in [0.2, 0.25) is 0 Å². The molecule has 2 rings (SSSR count). The molecule has 0 aromatic heterocycles. The van der Waals surface area contributed by atoms with E-state index >= 15 is 0 Å². The van der Waals surface area contributed by atoms with Gasteiger partial charge >= 0.3 is 0 Å². The van der Waals surface area contributed by atoms with Crippen molar-refractivity contribution in [3.63, 3.8) is 0 Å². The van der Waals surface area contributed by atoms with Gasteiger partial charge in [-0.2, -0.15) is 0 Å². The lowest BCUT2D eigenvalue weighted by atomic mass is 10.1. The number of hydrogen-bond acceptors (Lipinski definition) is 6. The Kier molecular flexibility index (Phi) is 11.7. The molecule has 0 saturated heterocycles. The molecular weight excluding hydrogens is 513 g/mol. The number of benzene rings is 2. The van der Waals surface area contributed by atoms with E-state index in [2.05, 4.69) is 10.6 Å². The van der Waals surface area contributed by atoms with E-state index in [9.17, 15) is 0 Å². The second kappa shape index (κ2) is 13.7. The van der Waals surface area contributed by atoms with E-state index in [0.717, 1.165) is 11.3 Å². The fourth-order valence-corrected chi connectivity index (χ4v) is 2.86. The van der Waals surface area contributed by atoms with Crippen LogP contribution in [0, 0.1) is 0 Å². The van der Waals surface area contributed by atoms with E-state index in [4.69, 9.17) is 28.7 Å². The van der Waals surface area contributed by atoms with Crippen LogP contribution in [0.3, 0.4) is 0 Å². The predicted molar refractivity (Wildman–Crippen MR) is 134 cm³/mol. The molecule has 2 aromatic rings. The van der Waals surface area contributed by atoms with Gasteiger partial charge in [-0.15, -0.1) is 24.0 Å². The number of rotatable bonds is 10. The van der Waals surface area contributed by atoms with Gasteiger partial charge in [-0.1, -0.05) is 0 Å². The van der Waals surface area contributed by atoms with Crippen molar-refractivity contribution in [2.24, 2.45) is 4.99 Å². The van der Waals surface area contributed by atoms with Crippen LogP contribution in [0.2, 0.25) is 0 Å². The van der Waals surface area contributed by atoms with Crippen LogP contribution in [0.5, 0.6) is 28.7 Å². The molecule has 0 bridgehead atoms. The zero-order valence-electron chi connectivity index (χ0n) is 18.9. The third kappa shape index (κ3) is 7.27. The van der Waals surface area contributed by atoms with Crippen LogP contribution in [-0.4, -0.2) is 47.6 Å². The average Bonchev–Trinajstić information content (AvgIpc) is 2.77. The molecule has 0 heterocycles. The summed E-state index contributed by atoms with van der Waals surface area (Å²) in [6.45, 7) is 5.54. The van der Waals surface area contributed by atoms with Gasteiger partial charge in [-0.25, -0.2) is 4.99 Å². The Labute approximate surface area is 201 Å². The number of nitrogens with one attached hydrogen (secondary N) is 2. The number of aliphatic imine (C=N–C) groups is 1. The van der Waals surface area contributed by atoms with Crippen molar-refractivity contribution in [1.29, 1.82) is 0 Å².